The number of nitrogens with zero attached hydrogens (tertiary/aromatic N) is 1. The van der Waals surface area contributed by atoms with Gasteiger partial charge in [0.15, 0.2) is 11.6 Å². The fourth-order valence-electron chi connectivity index (χ4n) is 3.62. The van der Waals surface area contributed by atoms with Gasteiger partial charge < -0.3 is 10.3 Å². The molecule has 1 aliphatic rings. The number of hydrogen-bond acceptors (Lipinski definition) is 4. The summed E-state index contributed by atoms with van der Waals surface area (Å²) in [6.45, 7) is 5.92. The van der Waals surface area contributed by atoms with E-state index in [2.05, 4.69) is 10.3 Å². The van der Waals surface area contributed by atoms with Gasteiger partial charge in [0.25, 0.3) is 5.91 Å². The summed E-state index contributed by atoms with van der Waals surface area (Å²) in [6.07, 6.45) is 0. The normalized spacial score (nSPS) is 19.1. The zero-order chi connectivity index (χ0) is 20.8. The molecule has 3 amide bonds. The highest BCUT2D eigenvalue weighted by Crippen LogP contribution is 2.30. The number of amides is 3. The molecule has 0 radical (unpaired) electrons. The van der Waals surface area contributed by atoms with Gasteiger partial charge in [0.1, 0.15) is 5.54 Å². The minimum absolute atomic E-state index is 0.158. The van der Waals surface area contributed by atoms with Crippen molar-refractivity contribution in [2.75, 3.05) is 6.54 Å². The first-order valence-corrected chi connectivity index (χ1v) is 9.07. The fraction of sp³-hybridized carbons (Fsp3) is 0.300. The maximum Gasteiger partial charge on any atom is 0.325 e. The topological polar surface area (TPSA) is 99.3 Å². The number of H-pyrrole nitrogens is 1. The molecule has 1 atom stereocenters. The number of aromatic nitrogens is 1. The Balaban J connectivity index is 1.88. The Morgan fingerprint density at radius 2 is 1.89 bits per heavy atom. The number of hydrogen-bond donors (Lipinski definition) is 2. The number of rotatable bonds is 5. The van der Waals surface area contributed by atoms with Crippen LogP contribution in [0.2, 0.25) is 5.02 Å². The van der Waals surface area contributed by atoms with E-state index in [1.807, 2.05) is 0 Å². The Labute approximate surface area is 167 Å². The number of imide groups is 1. The maximum absolute atomic E-state index is 13.0. The van der Waals surface area contributed by atoms with Crippen LogP contribution in [0.5, 0.6) is 0 Å². The van der Waals surface area contributed by atoms with Crippen molar-refractivity contribution in [1.29, 1.82) is 0 Å². The summed E-state index contributed by atoms with van der Waals surface area (Å²) >= 11 is 6.01. The molecule has 7 nitrogen and oxygen atoms in total. The van der Waals surface area contributed by atoms with E-state index in [0.29, 0.717) is 27.4 Å². The largest absolute Gasteiger partial charge is 0.355 e. The van der Waals surface area contributed by atoms with Crippen molar-refractivity contribution in [3.05, 3.63) is 57.4 Å². The highest BCUT2D eigenvalue weighted by Gasteiger charge is 2.49. The van der Waals surface area contributed by atoms with Crippen LogP contribution in [-0.4, -0.2) is 39.9 Å². The van der Waals surface area contributed by atoms with E-state index in [1.165, 1.54) is 6.92 Å². The van der Waals surface area contributed by atoms with E-state index in [9.17, 15) is 19.2 Å². The van der Waals surface area contributed by atoms with E-state index in [4.69, 9.17) is 11.6 Å². The van der Waals surface area contributed by atoms with Crippen LogP contribution in [0.1, 0.15) is 51.5 Å². The van der Waals surface area contributed by atoms with Crippen LogP contribution in [0.3, 0.4) is 0 Å². The predicted molar refractivity (Wildman–Crippen MR) is 104 cm³/mol. The Morgan fingerprint density at radius 3 is 2.46 bits per heavy atom. The van der Waals surface area contributed by atoms with E-state index in [0.717, 1.165) is 4.90 Å². The molecule has 1 saturated heterocycles. The molecule has 0 saturated carbocycles. The third kappa shape index (κ3) is 3.11. The molecule has 28 heavy (non-hydrogen) atoms. The molecule has 146 valence electrons. The summed E-state index contributed by atoms with van der Waals surface area (Å²) in [6, 6.07) is 5.98. The number of ketones is 2. The lowest BCUT2D eigenvalue weighted by atomic mass is 9.92. The SMILES string of the molecule is CC(=O)c1c(C)[nH]c(C(=O)CN2C(=O)NC(C)(c3cccc(Cl)c3)C2=O)c1C. The van der Waals surface area contributed by atoms with Crippen molar-refractivity contribution in [2.24, 2.45) is 0 Å². The lowest BCUT2D eigenvalue weighted by Gasteiger charge is -2.22. The second kappa shape index (κ2) is 6.91. The third-order valence-corrected chi connectivity index (χ3v) is 5.28. The van der Waals surface area contributed by atoms with Crippen molar-refractivity contribution in [1.82, 2.24) is 15.2 Å². The maximum atomic E-state index is 13.0. The Hall–Kier alpha value is -2.93. The van der Waals surface area contributed by atoms with Gasteiger partial charge in [-0.2, -0.15) is 0 Å². The molecule has 0 aliphatic carbocycles. The molecule has 0 bridgehead atoms. The van der Waals surface area contributed by atoms with Gasteiger partial charge in [0.2, 0.25) is 0 Å². The number of carbonyl (C=O) groups excluding carboxylic acids is 4. The van der Waals surface area contributed by atoms with Crippen LogP contribution >= 0.6 is 11.6 Å². The summed E-state index contributed by atoms with van der Waals surface area (Å²) < 4.78 is 0. The van der Waals surface area contributed by atoms with Crippen LogP contribution in [0, 0.1) is 13.8 Å². The molecule has 1 fully saturated rings. The van der Waals surface area contributed by atoms with Gasteiger partial charge in [-0.05, 0) is 51.0 Å². The summed E-state index contributed by atoms with van der Waals surface area (Å²) in [5.74, 6) is -1.15. The van der Waals surface area contributed by atoms with Gasteiger partial charge in [0, 0.05) is 16.3 Å². The number of carbonyl (C=O) groups is 4. The van der Waals surface area contributed by atoms with Gasteiger partial charge in [-0.1, -0.05) is 23.7 Å². The predicted octanol–water partition coefficient (Wildman–Crippen LogP) is 3.14. The minimum Gasteiger partial charge on any atom is -0.355 e. The molecular formula is C20H20ClN3O4. The quantitative estimate of drug-likeness (QED) is 0.593. The smallest absolute Gasteiger partial charge is 0.325 e. The zero-order valence-electron chi connectivity index (χ0n) is 16.0. The van der Waals surface area contributed by atoms with Crippen molar-refractivity contribution in [3.63, 3.8) is 0 Å². The Morgan fingerprint density at radius 1 is 1.21 bits per heavy atom. The number of halogens is 1. The molecular weight excluding hydrogens is 382 g/mol. The highest BCUT2D eigenvalue weighted by molar-refractivity contribution is 6.30. The summed E-state index contributed by atoms with van der Waals surface area (Å²) in [7, 11) is 0. The average molecular weight is 402 g/mol. The highest BCUT2D eigenvalue weighted by atomic mass is 35.5. The van der Waals surface area contributed by atoms with Gasteiger partial charge in [-0.25, -0.2) is 4.79 Å². The van der Waals surface area contributed by atoms with Gasteiger partial charge >= 0.3 is 6.03 Å². The second-order valence-corrected chi connectivity index (χ2v) is 7.50. The van der Waals surface area contributed by atoms with Gasteiger partial charge in [-0.3, -0.25) is 19.3 Å². The van der Waals surface area contributed by atoms with Crippen molar-refractivity contribution in [3.8, 4) is 0 Å². The van der Waals surface area contributed by atoms with E-state index < -0.39 is 29.8 Å². The monoisotopic (exact) mass is 401 g/mol. The first-order valence-electron chi connectivity index (χ1n) is 8.69. The first-order chi connectivity index (χ1) is 13.1. The molecule has 3 rings (SSSR count). The molecule has 2 N–H and O–H groups in total. The first kappa shape index (κ1) is 19.8. The third-order valence-electron chi connectivity index (χ3n) is 5.05. The van der Waals surface area contributed by atoms with Crippen molar-refractivity contribution < 1.29 is 19.2 Å². The Bertz CT molecular complexity index is 1030. The zero-order valence-corrected chi connectivity index (χ0v) is 16.7. The summed E-state index contributed by atoms with van der Waals surface area (Å²) in [5, 5.41) is 3.08. The molecule has 8 heteroatoms. The number of aryl methyl sites for hydroxylation is 1. The van der Waals surface area contributed by atoms with E-state index >= 15 is 0 Å². The van der Waals surface area contributed by atoms with E-state index in [1.54, 1.807) is 45.0 Å². The number of aromatic amines is 1. The summed E-state index contributed by atoms with van der Waals surface area (Å²) in [5.41, 5.74) is 0.977. The van der Waals surface area contributed by atoms with Crippen LogP contribution in [0.4, 0.5) is 4.79 Å². The van der Waals surface area contributed by atoms with Crippen LogP contribution in [0.15, 0.2) is 24.3 Å². The fourth-order valence-corrected chi connectivity index (χ4v) is 3.81. The summed E-state index contributed by atoms with van der Waals surface area (Å²) in [4.78, 5) is 53.7. The van der Waals surface area contributed by atoms with Gasteiger partial charge in [0.05, 0.1) is 12.2 Å². The number of benzene rings is 1. The molecule has 1 aromatic heterocycles. The standard InChI is InChI=1S/C20H20ClN3O4/c1-10-16(12(3)25)11(2)22-17(10)15(26)9-24-18(27)20(4,23-19(24)28)13-6-5-7-14(21)8-13/h5-8,22H,9H2,1-4H3,(H,23,28). The molecule has 1 aliphatic heterocycles. The molecule has 2 heterocycles. The molecule has 0 spiro atoms. The molecule has 1 aromatic carbocycles. The number of Topliss-reactive ketones (excluding diaryl/α,β-unsaturated/α-hetero) is 2. The lowest BCUT2D eigenvalue weighted by Crippen LogP contribution is -2.41. The lowest BCUT2D eigenvalue weighted by molar-refractivity contribution is -0.130. The number of nitrogens with one attached hydrogen (secondary N) is 2. The number of urea groups is 1. The van der Waals surface area contributed by atoms with Crippen LogP contribution < -0.4 is 5.32 Å². The average Bonchev–Trinajstić information content (AvgIpc) is 3.03. The van der Waals surface area contributed by atoms with Crippen molar-refractivity contribution >= 4 is 35.1 Å². The second-order valence-electron chi connectivity index (χ2n) is 7.06. The Kier molecular flexibility index (Phi) is 4.89. The molecule has 1 unspecified atom stereocenters. The van der Waals surface area contributed by atoms with E-state index in [-0.39, 0.29) is 11.5 Å². The van der Waals surface area contributed by atoms with Crippen molar-refractivity contribution in [2.45, 2.75) is 33.2 Å². The molecule has 2 aromatic rings. The van der Waals surface area contributed by atoms with Crippen LogP contribution in [-0.2, 0) is 10.3 Å². The minimum atomic E-state index is -1.31. The van der Waals surface area contributed by atoms with Gasteiger partial charge in [-0.15, -0.1) is 0 Å². The van der Waals surface area contributed by atoms with Crippen LogP contribution in [0.25, 0.3) is 0 Å².